The van der Waals surface area contributed by atoms with Crippen LogP contribution in [0.5, 0.6) is 5.75 Å². The third-order valence-corrected chi connectivity index (χ3v) is 9.00. The van der Waals surface area contributed by atoms with Crippen molar-refractivity contribution >= 4 is 57.6 Å². The molecule has 3 aromatic carbocycles. The number of amides is 1. The molecule has 0 spiro atoms. The van der Waals surface area contributed by atoms with Crippen LogP contribution in [0.2, 0.25) is 10.0 Å². The second-order valence-electron chi connectivity index (χ2n) is 8.29. The number of aromatic hydroxyl groups is 1. The summed E-state index contributed by atoms with van der Waals surface area (Å²) in [5, 5.41) is 21.6. The number of halogens is 2. The van der Waals surface area contributed by atoms with Crippen molar-refractivity contribution in [3.05, 3.63) is 87.4 Å². The van der Waals surface area contributed by atoms with Gasteiger partial charge in [-0.25, -0.2) is 13.2 Å². The number of nitrogens with one attached hydrogen (secondary N) is 1. The molecule has 3 aromatic rings. The van der Waals surface area contributed by atoms with E-state index in [0.29, 0.717) is 5.56 Å². The van der Waals surface area contributed by atoms with Gasteiger partial charge in [0.1, 0.15) is 11.8 Å². The van der Waals surface area contributed by atoms with Crippen LogP contribution in [0.3, 0.4) is 0 Å². The van der Waals surface area contributed by atoms with Crippen LogP contribution >= 0.6 is 30.6 Å². The molecule has 0 aliphatic carbocycles. The van der Waals surface area contributed by atoms with Gasteiger partial charge in [-0.3, -0.25) is 9.36 Å². The maximum atomic E-state index is 13.1. The number of sulfone groups is 1. The van der Waals surface area contributed by atoms with Crippen molar-refractivity contribution in [1.29, 1.82) is 0 Å². The van der Waals surface area contributed by atoms with Crippen molar-refractivity contribution in [2.45, 2.75) is 17.4 Å². The maximum Gasteiger partial charge on any atom is 0.326 e. The Balaban J connectivity index is 1.86. The van der Waals surface area contributed by atoms with Crippen molar-refractivity contribution < 1.29 is 37.3 Å². The fourth-order valence-corrected chi connectivity index (χ4v) is 6.10. The van der Waals surface area contributed by atoms with Gasteiger partial charge < -0.3 is 20.1 Å². The zero-order valence-corrected chi connectivity index (χ0v) is 23.7. The summed E-state index contributed by atoms with van der Waals surface area (Å²) >= 11 is 12.6. The van der Waals surface area contributed by atoms with E-state index in [1.807, 2.05) is 0 Å². The molecule has 0 fully saturated rings. The summed E-state index contributed by atoms with van der Waals surface area (Å²) in [6.07, 6.45) is 0.825. The van der Waals surface area contributed by atoms with Gasteiger partial charge >= 0.3 is 13.3 Å². The summed E-state index contributed by atoms with van der Waals surface area (Å²) in [6.45, 7) is 0. The first kappa shape index (κ1) is 30.2. The molecule has 0 heterocycles. The minimum absolute atomic E-state index is 0.0142. The molecule has 39 heavy (non-hydrogen) atoms. The fourth-order valence-electron chi connectivity index (χ4n) is 3.46. The molecule has 2 unspecified atom stereocenters. The van der Waals surface area contributed by atoms with Crippen LogP contribution in [-0.2, 0) is 30.1 Å². The average Bonchev–Trinajstić information content (AvgIpc) is 2.86. The Kier molecular flexibility index (Phi) is 9.49. The summed E-state index contributed by atoms with van der Waals surface area (Å²) in [5.41, 5.74) is 2.90. The Morgan fingerprint density at radius 2 is 1.72 bits per heavy atom. The summed E-state index contributed by atoms with van der Waals surface area (Å²) in [5.74, 6) is 0.300. The van der Waals surface area contributed by atoms with E-state index in [4.69, 9.17) is 27.7 Å². The Labute approximate surface area is 235 Å². The highest BCUT2D eigenvalue weighted by Gasteiger charge is 2.25. The third kappa shape index (κ3) is 7.63. The molecule has 0 aliphatic heterocycles. The minimum atomic E-state index is -3.67. The highest BCUT2D eigenvalue weighted by atomic mass is 35.5. The summed E-state index contributed by atoms with van der Waals surface area (Å²) in [6, 6.07) is 12.6. The monoisotopic (exact) mass is 609 g/mol. The number of benzene rings is 3. The normalized spacial score (nSPS) is 13.4. The predicted octanol–water partition coefficient (Wildman–Crippen LogP) is 4.09. The Bertz CT molecular complexity index is 1640. The van der Waals surface area contributed by atoms with E-state index in [1.165, 1.54) is 61.7 Å². The van der Waals surface area contributed by atoms with Crippen molar-refractivity contribution in [2.24, 2.45) is 0 Å². The van der Waals surface area contributed by atoms with Crippen LogP contribution in [0.25, 0.3) is 0 Å². The molecule has 204 valence electrons. The van der Waals surface area contributed by atoms with Gasteiger partial charge in [0.25, 0.3) is 5.91 Å². The SMILES string of the molecule is COP(=O)(C#Cc1cc(Cl)c(C(=O)NC(Cc2cccc(S(C)(=O)=O)c2)C(=O)O)c(Cl)c1)c1cccc(O)c1. The molecule has 3 N–H and O–H groups in total. The molecule has 3 rings (SSSR count). The van der Waals surface area contributed by atoms with Gasteiger partial charge in [-0.1, -0.05) is 47.3 Å². The minimum Gasteiger partial charge on any atom is -0.508 e. The Morgan fingerprint density at radius 3 is 2.28 bits per heavy atom. The first-order valence-corrected chi connectivity index (χ1v) is 15.3. The average molecular weight is 610 g/mol. The van der Waals surface area contributed by atoms with Crippen LogP contribution in [0, 0.1) is 11.6 Å². The molecule has 0 radical (unpaired) electrons. The second-order valence-corrected chi connectivity index (χ2v) is 13.3. The third-order valence-electron chi connectivity index (χ3n) is 5.41. The Hall–Kier alpha value is -3.32. The van der Waals surface area contributed by atoms with Crippen LogP contribution in [0.15, 0.2) is 65.6 Å². The number of aliphatic carboxylic acids is 1. The number of hydrogen-bond acceptors (Lipinski definition) is 7. The molecular formula is C26H22Cl2NO8PS. The van der Waals surface area contributed by atoms with Crippen molar-refractivity contribution in [3.63, 3.8) is 0 Å². The molecular weight excluding hydrogens is 588 g/mol. The summed E-state index contributed by atoms with van der Waals surface area (Å²) in [4.78, 5) is 24.8. The fraction of sp³-hybridized carbons (Fsp3) is 0.154. The number of hydrogen-bond donors (Lipinski definition) is 3. The van der Waals surface area contributed by atoms with Crippen LogP contribution in [-0.4, -0.2) is 49.9 Å². The smallest absolute Gasteiger partial charge is 0.326 e. The van der Waals surface area contributed by atoms with Gasteiger partial charge in [0.2, 0.25) is 0 Å². The zero-order chi connectivity index (χ0) is 29.0. The van der Waals surface area contributed by atoms with Gasteiger partial charge in [-0.05, 0) is 53.7 Å². The molecule has 0 bridgehead atoms. The number of phenols is 1. The first-order chi connectivity index (χ1) is 18.2. The summed E-state index contributed by atoms with van der Waals surface area (Å²) in [7, 11) is -5.98. The van der Waals surface area contributed by atoms with Gasteiger partial charge in [-0.2, -0.15) is 0 Å². The van der Waals surface area contributed by atoms with E-state index in [1.54, 1.807) is 6.07 Å². The van der Waals surface area contributed by atoms with E-state index in [2.05, 4.69) is 16.9 Å². The molecule has 1 amide bonds. The molecule has 0 saturated carbocycles. The molecule has 0 aromatic heterocycles. The van der Waals surface area contributed by atoms with Crippen molar-refractivity contribution in [3.8, 4) is 17.3 Å². The number of carbonyl (C=O) groups excluding carboxylic acids is 1. The number of phenolic OH excluding ortho intramolecular Hbond substituents is 1. The zero-order valence-electron chi connectivity index (χ0n) is 20.5. The molecule has 9 nitrogen and oxygen atoms in total. The van der Waals surface area contributed by atoms with Crippen LogP contribution in [0.1, 0.15) is 21.5 Å². The number of carbonyl (C=O) groups is 2. The number of carboxylic acid groups (broad SMARTS) is 1. The van der Waals surface area contributed by atoms with Gasteiger partial charge in [0, 0.05) is 25.3 Å². The molecule has 0 saturated heterocycles. The number of rotatable bonds is 8. The van der Waals surface area contributed by atoms with E-state index >= 15 is 0 Å². The Morgan fingerprint density at radius 1 is 1.08 bits per heavy atom. The van der Waals surface area contributed by atoms with E-state index in [0.717, 1.165) is 6.26 Å². The quantitative estimate of drug-likeness (QED) is 0.255. The topological polar surface area (TPSA) is 147 Å². The highest BCUT2D eigenvalue weighted by Crippen LogP contribution is 2.44. The van der Waals surface area contributed by atoms with Gasteiger partial charge in [0.05, 0.1) is 25.8 Å². The molecule has 13 heteroatoms. The first-order valence-electron chi connectivity index (χ1n) is 11.0. The van der Waals surface area contributed by atoms with Crippen LogP contribution in [0.4, 0.5) is 0 Å². The predicted molar refractivity (Wildman–Crippen MR) is 148 cm³/mol. The number of carboxylic acids is 1. The lowest BCUT2D eigenvalue weighted by Gasteiger charge is -2.16. The summed E-state index contributed by atoms with van der Waals surface area (Å²) < 4.78 is 41.9. The van der Waals surface area contributed by atoms with Gasteiger partial charge in [-0.15, -0.1) is 0 Å². The van der Waals surface area contributed by atoms with E-state index < -0.39 is 35.1 Å². The molecule has 2 atom stereocenters. The second kappa shape index (κ2) is 12.2. The maximum absolute atomic E-state index is 13.1. The van der Waals surface area contributed by atoms with Crippen LogP contribution < -0.4 is 10.6 Å². The van der Waals surface area contributed by atoms with E-state index in [9.17, 15) is 32.8 Å². The standard InChI is InChI=1S/C26H22Cl2NO8PS/c1-37-38(34,19-7-4-6-18(30)15-19)10-9-17-12-21(27)24(22(28)13-17)25(31)29-23(26(32)33)14-16-5-3-8-20(11-16)39(2,35)36/h3-8,11-13,15,23,30H,14H2,1-2H3,(H,29,31)(H,32,33). The van der Waals surface area contributed by atoms with E-state index in [-0.39, 0.29) is 43.5 Å². The lowest BCUT2D eigenvalue weighted by Crippen LogP contribution is -2.42. The highest BCUT2D eigenvalue weighted by molar-refractivity contribution is 7.90. The molecule has 0 aliphatic rings. The largest absolute Gasteiger partial charge is 0.508 e. The van der Waals surface area contributed by atoms with Crippen molar-refractivity contribution in [2.75, 3.05) is 13.4 Å². The van der Waals surface area contributed by atoms with Gasteiger partial charge in [0.15, 0.2) is 9.84 Å². The van der Waals surface area contributed by atoms with Crippen molar-refractivity contribution in [1.82, 2.24) is 5.32 Å². The lowest BCUT2D eigenvalue weighted by atomic mass is 10.0. The lowest BCUT2D eigenvalue weighted by molar-refractivity contribution is -0.139.